The normalized spacial score (nSPS) is 11.8. The number of rotatable bonds is 6. The summed E-state index contributed by atoms with van der Waals surface area (Å²) in [5.41, 5.74) is 0. The summed E-state index contributed by atoms with van der Waals surface area (Å²) < 4.78 is 5.19. The predicted molar refractivity (Wildman–Crippen MR) is 76.8 cm³/mol. The first-order valence-electron chi connectivity index (χ1n) is 5.58. The van der Waals surface area contributed by atoms with Gasteiger partial charge in [0.2, 0.25) is 0 Å². The topological polar surface area (TPSA) is 75.6 Å². The summed E-state index contributed by atoms with van der Waals surface area (Å²) in [6.07, 6.45) is 0. The third kappa shape index (κ3) is 5.07. The van der Waals surface area contributed by atoms with Gasteiger partial charge in [-0.1, -0.05) is 41.7 Å². The van der Waals surface area contributed by atoms with Crippen molar-refractivity contribution in [1.29, 1.82) is 0 Å². The van der Waals surface area contributed by atoms with E-state index in [4.69, 9.17) is 44.6 Å². The summed E-state index contributed by atoms with van der Waals surface area (Å²) in [4.78, 5) is 22.1. The Balaban J connectivity index is 2.49. The number of nitrogens with one attached hydrogen (secondary N) is 1. The van der Waals surface area contributed by atoms with Crippen molar-refractivity contribution in [2.24, 2.45) is 5.92 Å². The second-order valence-corrected chi connectivity index (χ2v) is 5.25. The number of hydrogen-bond acceptors (Lipinski definition) is 3. The molecule has 5 nitrogen and oxygen atoms in total. The summed E-state index contributed by atoms with van der Waals surface area (Å²) >= 11 is 17.4. The van der Waals surface area contributed by atoms with E-state index in [1.54, 1.807) is 0 Å². The zero-order chi connectivity index (χ0) is 15.3. The maximum atomic E-state index is 11.5. The fourth-order valence-electron chi connectivity index (χ4n) is 1.16. The van der Waals surface area contributed by atoms with E-state index in [1.165, 1.54) is 19.1 Å². The molecule has 0 saturated carbocycles. The first-order chi connectivity index (χ1) is 9.31. The SMILES string of the molecule is CC(CNC(=O)COc1cc(Cl)c(Cl)cc1Cl)C(=O)O. The first-order valence-corrected chi connectivity index (χ1v) is 6.71. The molecule has 8 heteroatoms. The average Bonchev–Trinajstić information content (AvgIpc) is 2.38. The van der Waals surface area contributed by atoms with Crippen LogP contribution in [0.2, 0.25) is 15.1 Å². The molecule has 0 saturated heterocycles. The van der Waals surface area contributed by atoms with Gasteiger partial charge in [-0.2, -0.15) is 0 Å². The average molecular weight is 341 g/mol. The zero-order valence-corrected chi connectivity index (χ0v) is 12.7. The van der Waals surface area contributed by atoms with Gasteiger partial charge < -0.3 is 15.2 Å². The predicted octanol–water partition coefficient (Wildman–Crippen LogP) is 2.86. The van der Waals surface area contributed by atoms with Crippen molar-refractivity contribution in [3.63, 3.8) is 0 Å². The molecule has 110 valence electrons. The van der Waals surface area contributed by atoms with E-state index < -0.39 is 17.8 Å². The Kier molecular flexibility index (Phi) is 6.39. The molecule has 0 radical (unpaired) electrons. The molecule has 1 aromatic carbocycles. The van der Waals surface area contributed by atoms with Crippen molar-refractivity contribution in [1.82, 2.24) is 5.32 Å². The Labute approximate surface area is 130 Å². The largest absolute Gasteiger partial charge is 0.482 e. The number of amides is 1. The van der Waals surface area contributed by atoms with Crippen LogP contribution in [0.3, 0.4) is 0 Å². The lowest BCUT2D eigenvalue weighted by Gasteiger charge is -2.11. The highest BCUT2D eigenvalue weighted by atomic mass is 35.5. The van der Waals surface area contributed by atoms with Gasteiger partial charge in [0.05, 0.1) is 21.0 Å². The number of aliphatic carboxylic acids is 1. The number of carboxylic acids is 1. The Bertz CT molecular complexity index is 522. The van der Waals surface area contributed by atoms with Gasteiger partial charge in [0, 0.05) is 12.6 Å². The number of carbonyl (C=O) groups is 2. The third-order valence-electron chi connectivity index (χ3n) is 2.36. The van der Waals surface area contributed by atoms with E-state index in [-0.39, 0.29) is 34.0 Å². The Morgan fingerprint density at radius 1 is 1.25 bits per heavy atom. The van der Waals surface area contributed by atoms with Gasteiger partial charge in [-0.15, -0.1) is 0 Å². The summed E-state index contributed by atoms with van der Waals surface area (Å²) in [7, 11) is 0. The van der Waals surface area contributed by atoms with Crippen LogP contribution in [-0.4, -0.2) is 30.1 Å². The van der Waals surface area contributed by atoms with Crippen molar-refractivity contribution in [2.45, 2.75) is 6.92 Å². The smallest absolute Gasteiger partial charge is 0.308 e. The van der Waals surface area contributed by atoms with Gasteiger partial charge in [0.1, 0.15) is 5.75 Å². The van der Waals surface area contributed by atoms with Gasteiger partial charge in [0.15, 0.2) is 6.61 Å². The quantitative estimate of drug-likeness (QED) is 0.781. The van der Waals surface area contributed by atoms with E-state index in [0.717, 1.165) is 0 Å². The zero-order valence-electron chi connectivity index (χ0n) is 10.5. The van der Waals surface area contributed by atoms with E-state index in [0.29, 0.717) is 0 Å². The van der Waals surface area contributed by atoms with Gasteiger partial charge in [0.25, 0.3) is 5.91 Å². The molecule has 20 heavy (non-hydrogen) atoms. The van der Waals surface area contributed by atoms with Crippen LogP contribution in [0.1, 0.15) is 6.92 Å². The maximum absolute atomic E-state index is 11.5. The second-order valence-electron chi connectivity index (χ2n) is 4.03. The Morgan fingerprint density at radius 2 is 1.85 bits per heavy atom. The molecular weight excluding hydrogens is 328 g/mol. The summed E-state index contributed by atoms with van der Waals surface area (Å²) in [6.45, 7) is 1.20. The highest BCUT2D eigenvalue weighted by Gasteiger charge is 2.13. The highest BCUT2D eigenvalue weighted by Crippen LogP contribution is 2.33. The molecule has 0 spiro atoms. The number of ether oxygens (including phenoxy) is 1. The summed E-state index contributed by atoms with van der Waals surface area (Å²) in [6, 6.07) is 2.81. The fourth-order valence-corrected chi connectivity index (χ4v) is 1.75. The van der Waals surface area contributed by atoms with E-state index in [1.807, 2.05) is 0 Å². The molecule has 0 aliphatic heterocycles. The number of hydrogen-bond donors (Lipinski definition) is 2. The highest BCUT2D eigenvalue weighted by molar-refractivity contribution is 6.43. The van der Waals surface area contributed by atoms with E-state index in [9.17, 15) is 9.59 Å². The van der Waals surface area contributed by atoms with Crippen molar-refractivity contribution in [2.75, 3.05) is 13.2 Å². The first kappa shape index (κ1) is 16.9. The van der Waals surface area contributed by atoms with Crippen LogP contribution in [0.15, 0.2) is 12.1 Å². The van der Waals surface area contributed by atoms with Crippen molar-refractivity contribution >= 4 is 46.7 Å². The number of benzene rings is 1. The van der Waals surface area contributed by atoms with Crippen molar-refractivity contribution in [3.05, 3.63) is 27.2 Å². The minimum absolute atomic E-state index is 0.0205. The molecule has 0 aliphatic rings. The Morgan fingerprint density at radius 3 is 2.45 bits per heavy atom. The fraction of sp³-hybridized carbons (Fsp3) is 0.333. The molecule has 0 aliphatic carbocycles. The molecule has 0 aromatic heterocycles. The third-order valence-corrected chi connectivity index (χ3v) is 3.38. The van der Waals surface area contributed by atoms with Gasteiger partial charge in [-0.25, -0.2) is 0 Å². The van der Waals surface area contributed by atoms with Crippen LogP contribution in [0.25, 0.3) is 0 Å². The number of carbonyl (C=O) groups excluding carboxylic acids is 1. The number of carboxylic acid groups (broad SMARTS) is 1. The van der Waals surface area contributed by atoms with Crippen molar-refractivity contribution in [3.8, 4) is 5.75 Å². The van der Waals surface area contributed by atoms with Gasteiger partial charge >= 0.3 is 5.97 Å². The molecule has 1 rings (SSSR count). The molecule has 0 bridgehead atoms. The van der Waals surface area contributed by atoms with E-state index >= 15 is 0 Å². The monoisotopic (exact) mass is 339 g/mol. The van der Waals surface area contributed by atoms with Crippen LogP contribution < -0.4 is 10.1 Å². The minimum atomic E-state index is -0.987. The van der Waals surface area contributed by atoms with Gasteiger partial charge in [-0.3, -0.25) is 9.59 Å². The maximum Gasteiger partial charge on any atom is 0.308 e. The summed E-state index contributed by atoms with van der Waals surface area (Å²) in [5, 5.41) is 11.9. The van der Waals surface area contributed by atoms with Crippen LogP contribution in [-0.2, 0) is 9.59 Å². The van der Waals surface area contributed by atoms with Crippen molar-refractivity contribution < 1.29 is 19.4 Å². The lowest BCUT2D eigenvalue weighted by molar-refractivity contribution is -0.141. The molecule has 1 unspecified atom stereocenters. The molecule has 0 fully saturated rings. The van der Waals surface area contributed by atoms with Crippen LogP contribution >= 0.6 is 34.8 Å². The Hall–Kier alpha value is -1.17. The molecule has 0 heterocycles. The molecular formula is C12H12Cl3NO4. The lowest BCUT2D eigenvalue weighted by atomic mass is 10.2. The second kappa shape index (κ2) is 7.57. The van der Waals surface area contributed by atoms with Crippen LogP contribution in [0, 0.1) is 5.92 Å². The molecule has 1 amide bonds. The molecule has 1 atom stereocenters. The summed E-state index contributed by atoms with van der Waals surface area (Å²) in [5.74, 6) is -1.89. The standard InChI is InChI=1S/C12H12Cl3NO4/c1-6(12(18)19)4-16-11(17)5-20-10-3-8(14)7(13)2-9(10)15/h2-3,6H,4-5H2,1H3,(H,16,17)(H,18,19). The minimum Gasteiger partial charge on any atom is -0.482 e. The van der Waals surface area contributed by atoms with Crippen LogP contribution in [0.4, 0.5) is 0 Å². The number of halogens is 3. The molecule has 2 N–H and O–H groups in total. The lowest BCUT2D eigenvalue weighted by Crippen LogP contribution is -2.34. The van der Waals surface area contributed by atoms with Crippen LogP contribution in [0.5, 0.6) is 5.75 Å². The van der Waals surface area contributed by atoms with Gasteiger partial charge in [-0.05, 0) is 6.07 Å². The molecule has 1 aromatic rings. The van der Waals surface area contributed by atoms with E-state index in [2.05, 4.69) is 5.32 Å².